The van der Waals surface area contributed by atoms with Gasteiger partial charge in [0.2, 0.25) is 0 Å². The summed E-state index contributed by atoms with van der Waals surface area (Å²) in [5.41, 5.74) is 1.61. The van der Waals surface area contributed by atoms with Crippen molar-refractivity contribution >= 4 is 52.5 Å². The lowest BCUT2D eigenvalue weighted by Crippen LogP contribution is -2.25. The normalized spacial score (nSPS) is 10.5. The lowest BCUT2D eigenvalue weighted by Gasteiger charge is -2.07. The van der Waals surface area contributed by atoms with Gasteiger partial charge in [-0.3, -0.25) is 4.79 Å². The molecule has 0 aliphatic carbocycles. The molecule has 116 valence electrons. The van der Waals surface area contributed by atoms with Crippen LogP contribution < -0.4 is 5.32 Å². The van der Waals surface area contributed by atoms with E-state index in [0.29, 0.717) is 27.2 Å². The summed E-state index contributed by atoms with van der Waals surface area (Å²) in [6.07, 6.45) is 0. The number of hydrogen-bond acceptors (Lipinski definition) is 2. The van der Waals surface area contributed by atoms with E-state index in [1.807, 2.05) is 12.1 Å². The third-order valence-corrected chi connectivity index (χ3v) is 4.72. The molecule has 0 fully saturated rings. The monoisotopic (exact) mass is 373 g/mol. The second-order valence-corrected chi connectivity index (χ2v) is 6.94. The summed E-state index contributed by atoms with van der Waals surface area (Å²) in [6.45, 7) is 0.585. The molecule has 1 N–H and O–H groups in total. The largest absolute Gasteiger partial charge is 0.351 e. The van der Waals surface area contributed by atoms with Crippen LogP contribution in [0.3, 0.4) is 0 Å². The number of amides is 1. The van der Waals surface area contributed by atoms with Gasteiger partial charge < -0.3 is 5.32 Å². The molecule has 0 heterocycles. The van der Waals surface area contributed by atoms with Crippen LogP contribution in [0.25, 0.3) is 0 Å². The second-order valence-electron chi connectivity index (χ2n) is 4.55. The van der Waals surface area contributed by atoms with Crippen molar-refractivity contribution < 1.29 is 4.79 Å². The molecule has 0 radical (unpaired) electrons. The van der Waals surface area contributed by atoms with E-state index in [1.54, 1.807) is 42.1 Å². The van der Waals surface area contributed by atoms with Gasteiger partial charge in [0.05, 0.1) is 0 Å². The topological polar surface area (TPSA) is 29.1 Å². The fraction of sp³-hybridized carbons (Fsp3) is 0.188. The molecule has 1 amide bonds. The lowest BCUT2D eigenvalue weighted by atomic mass is 10.2. The molecule has 0 saturated carbocycles. The summed E-state index contributed by atoms with van der Waals surface area (Å²) in [6, 6.07) is 12.4. The van der Waals surface area contributed by atoms with Crippen LogP contribution in [0.15, 0.2) is 42.5 Å². The van der Waals surface area contributed by atoms with E-state index in [2.05, 4.69) is 5.32 Å². The van der Waals surface area contributed by atoms with Gasteiger partial charge in [0, 0.05) is 38.7 Å². The Morgan fingerprint density at radius 3 is 2.55 bits per heavy atom. The van der Waals surface area contributed by atoms with E-state index in [-0.39, 0.29) is 5.91 Å². The van der Waals surface area contributed by atoms with Crippen LogP contribution in [-0.2, 0) is 5.75 Å². The van der Waals surface area contributed by atoms with Crippen molar-refractivity contribution in [1.82, 2.24) is 5.32 Å². The van der Waals surface area contributed by atoms with E-state index >= 15 is 0 Å². The first kappa shape index (κ1) is 17.5. The van der Waals surface area contributed by atoms with Crippen LogP contribution in [-0.4, -0.2) is 18.2 Å². The third kappa shape index (κ3) is 5.40. The molecule has 2 aromatic rings. The van der Waals surface area contributed by atoms with Crippen molar-refractivity contribution in [3.63, 3.8) is 0 Å². The Labute approximate surface area is 149 Å². The Kier molecular flexibility index (Phi) is 6.90. The average Bonchev–Trinajstić information content (AvgIpc) is 2.48. The van der Waals surface area contributed by atoms with Gasteiger partial charge in [0.15, 0.2) is 0 Å². The number of rotatable bonds is 6. The number of thioether (sulfide) groups is 1. The van der Waals surface area contributed by atoms with Crippen molar-refractivity contribution in [2.24, 2.45) is 0 Å². The van der Waals surface area contributed by atoms with Crippen molar-refractivity contribution in [3.05, 3.63) is 68.7 Å². The molecule has 2 rings (SSSR count). The van der Waals surface area contributed by atoms with Gasteiger partial charge in [-0.05, 0) is 35.9 Å². The molecule has 0 unspecified atom stereocenters. The maximum Gasteiger partial charge on any atom is 0.251 e. The lowest BCUT2D eigenvalue weighted by molar-refractivity contribution is 0.0956. The fourth-order valence-corrected chi connectivity index (χ4v) is 3.40. The van der Waals surface area contributed by atoms with Crippen molar-refractivity contribution in [2.75, 3.05) is 12.3 Å². The summed E-state index contributed by atoms with van der Waals surface area (Å²) in [7, 11) is 0. The molecule has 0 saturated heterocycles. The Hall–Kier alpha value is -0.870. The molecule has 2 aromatic carbocycles. The number of hydrogen-bond donors (Lipinski definition) is 1. The summed E-state index contributed by atoms with van der Waals surface area (Å²) in [5.74, 6) is 1.46. The summed E-state index contributed by atoms with van der Waals surface area (Å²) < 4.78 is 0. The highest BCUT2D eigenvalue weighted by molar-refractivity contribution is 7.98. The summed E-state index contributed by atoms with van der Waals surface area (Å²) in [4.78, 5) is 11.9. The molecular weight excluding hydrogens is 361 g/mol. The van der Waals surface area contributed by atoms with Gasteiger partial charge in [-0.25, -0.2) is 0 Å². The van der Waals surface area contributed by atoms with Crippen LogP contribution in [0.4, 0.5) is 0 Å². The minimum absolute atomic E-state index is 0.118. The predicted molar refractivity (Wildman–Crippen MR) is 96.4 cm³/mol. The predicted octanol–water partition coefficient (Wildman–Crippen LogP) is 5.31. The minimum atomic E-state index is -0.118. The van der Waals surface area contributed by atoms with Crippen molar-refractivity contribution in [3.8, 4) is 0 Å². The maximum atomic E-state index is 11.9. The van der Waals surface area contributed by atoms with Crippen LogP contribution in [0.5, 0.6) is 0 Å². The smallest absolute Gasteiger partial charge is 0.251 e. The quantitative estimate of drug-likeness (QED) is 0.694. The van der Waals surface area contributed by atoms with Crippen molar-refractivity contribution in [2.45, 2.75) is 5.75 Å². The number of carbonyl (C=O) groups excluding carboxylic acids is 1. The Bertz CT molecular complexity index is 664. The first-order valence-corrected chi connectivity index (χ1v) is 8.90. The highest BCUT2D eigenvalue weighted by atomic mass is 35.5. The standard InChI is InChI=1S/C16H14Cl3NOS/c17-13-3-1-2-11(8-13)16(21)20-6-7-22-10-12-4-5-14(18)9-15(12)19/h1-5,8-9H,6-7,10H2,(H,20,21). The zero-order chi connectivity index (χ0) is 15.9. The highest BCUT2D eigenvalue weighted by Crippen LogP contribution is 2.24. The zero-order valence-corrected chi connectivity index (χ0v) is 14.7. The van der Waals surface area contributed by atoms with Gasteiger partial charge in [0.25, 0.3) is 5.91 Å². The van der Waals surface area contributed by atoms with Crippen LogP contribution in [0.1, 0.15) is 15.9 Å². The zero-order valence-electron chi connectivity index (χ0n) is 11.6. The second kappa shape index (κ2) is 8.68. The summed E-state index contributed by atoms with van der Waals surface area (Å²) in [5, 5.41) is 4.72. The molecule has 6 heteroatoms. The third-order valence-electron chi connectivity index (χ3n) is 2.89. The van der Waals surface area contributed by atoms with E-state index in [0.717, 1.165) is 17.1 Å². The Morgan fingerprint density at radius 1 is 1.05 bits per heavy atom. The van der Waals surface area contributed by atoms with Gasteiger partial charge in [0.1, 0.15) is 0 Å². The van der Waals surface area contributed by atoms with E-state index in [1.165, 1.54) is 0 Å². The Balaban J connectivity index is 1.72. The van der Waals surface area contributed by atoms with Crippen molar-refractivity contribution in [1.29, 1.82) is 0 Å². The number of benzene rings is 2. The van der Waals surface area contributed by atoms with E-state index in [9.17, 15) is 4.79 Å². The van der Waals surface area contributed by atoms with Gasteiger partial charge in [-0.15, -0.1) is 0 Å². The van der Waals surface area contributed by atoms with Crippen LogP contribution in [0.2, 0.25) is 15.1 Å². The first-order valence-electron chi connectivity index (χ1n) is 6.61. The fourth-order valence-electron chi connectivity index (χ4n) is 1.79. The van der Waals surface area contributed by atoms with Gasteiger partial charge >= 0.3 is 0 Å². The van der Waals surface area contributed by atoms with E-state index in [4.69, 9.17) is 34.8 Å². The highest BCUT2D eigenvalue weighted by Gasteiger charge is 2.05. The molecular formula is C16H14Cl3NOS. The Morgan fingerprint density at radius 2 is 1.82 bits per heavy atom. The molecule has 0 spiro atoms. The molecule has 0 bridgehead atoms. The molecule has 0 aliphatic rings. The molecule has 2 nitrogen and oxygen atoms in total. The molecule has 0 atom stereocenters. The minimum Gasteiger partial charge on any atom is -0.351 e. The van der Waals surface area contributed by atoms with Crippen LogP contribution in [0, 0.1) is 0 Å². The molecule has 0 aromatic heterocycles. The summed E-state index contributed by atoms with van der Waals surface area (Å²) >= 11 is 19.5. The van der Waals surface area contributed by atoms with Gasteiger partial charge in [-0.1, -0.05) is 46.9 Å². The van der Waals surface area contributed by atoms with Gasteiger partial charge in [-0.2, -0.15) is 11.8 Å². The van der Waals surface area contributed by atoms with Crippen LogP contribution >= 0.6 is 46.6 Å². The molecule has 0 aliphatic heterocycles. The maximum absolute atomic E-state index is 11.9. The molecule has 22 heavy (non-hydrogen) atoms. The number of nitrogens with one attached hydrogen (secondary N) is 1. The number of carbonyl (C=O) groups is 1. The number of halogens is 3. The van der Waals surface area contributed by atoms with E-state index < -0.39 is 0 Å². The average molecular weight is 375 g/mol. The SMILES string of the molecule is O=C(NCCSCc1ccc(Cl)cc1Cl)c1cccc(Cl)c1. The first-order chi connectivity index (χ1) is 10.6.